The number of hydrazine groups is 1. The molecule has 0 spiro atoms. The number of rotatable bonds is 3. The normalized spacial score (nSPS) is 11.4. The Morgan fingerprint density at radius 3 is 2.32 bits per heavy atom. The van der Waals surface area contributed by atoms with Crippen molar-refractivity contribution in [1.82, 2.24) is 0 Å². The van der Waals surface area contributed by atoms with E-state index in [0.717, 1.165) is 17.8 Å². The van der Waals surface area contributed by atoms with E-state index in [9.17, 15) is 13.2 Å². The zero-order valence-corrected chi connectivity index (χ0v) is 9.98. The molecular formula is C14H12F3N2. The molecule has 5 heteroatoms. The van der Waals surface area contributed by atoms with E-state index in [1.807, 2.05) is 0 Å². The molecule has 0 saturated heterocycles. The molecule has 2 nitrogen and oxygen atoms in total. The van der Waals surface area contributed by atoms with Crippen molar-refractivity contribution in [3.8, 4) is 0 Å². The third kappa shape index (κ3) is 3.48. The second-order valence-electron chi connectivity index (χ2n) is 4.08. The molecule has 0 aliphatic rings. The smallest absolute Gasteiger partial charge is 0.307 e. The molecule has 0 amide bonds. The van der Waals surface area contributed by atoms with Gasteiger partial charge in [0.25, 0.3) is 0 Å². The molecular weight excluding hydrogens is 253 g/mol. The van der Waals surface area contributed by atoms with E-state index in [1.54, 1.807) is 24.3 Å². The summed E-state index contributed by atoms with van der Waals surface area (Å²) in [4.78, 5) is 0. The van der Waals surface area contributed by atoms with Gasteiger partial charge in [0.05, 0.1) is 17.8 Å². The van der Waals surface area contributed by atoms with Crippen molar-refractivity contribution >= 4 is 5.69 Å². The number of hydrogen-bond acceptors (Lipinski definition) is 2. The highest BCUT2D eigenvalue weighted by atomic mass is 19.4. The first-order valence-corrected chi connectivity index (χ1v) is 5.61. The summed E-state index contributed by atoms with van der Waals surface area (Å²) in [7, 11) is 0. The lowest BCUT2D eigenvalue weighted by atomic mass is 10.1. The monoisotopic (exact) mass is 265 g/mol. The molecule has 2 rings (SSSR count). The van der Waals surface area contributed by atoms with E-state index in [-0.39, 0.29) is 0 Å². The third-order valence-electron chi connectivity index (χ3n) is 2.66. The van der Waals surface area contributed by atoms with Crippen LogP contribution in [0.4, 0.5) is 18.9 Å². The minimum atomic E-state index is -4.31. The van der Waals surface area contributed by atoms with Gasteiger partial charge in [-0.05, 0) is 35.9 Å². The largest absolute Gasteiger partial charge is 0.416 e. The summed E-state index contributed by atoms with van der Waals surface area (Å²) in [6.07, 6.45) is -4.31. The standard InChI is InChI=1S/C14H12F3N2/c15-14(16,17)12-8-6-11(7-9-12)10-19(18)13-4-2-1-3-5-13/h1-2,4-9H,10,18H2. The average Bonchev–Trinajstić information content (AvgIpc) is 2.39. The fourth-order valence-corrected chi connectivity index (χ4v) is 1.65. The fourth-order valence-electron chi connectivity index (χ4n) is 1.65. The molecule has 0 heterocycles. The van der Waals surface area contributed by atoms with Crippen LogP contribution in [0.2, 0.25) is 0 Å². The minimum Gasteiger partial charge on any atom is -0.307 e. The van der Waals surface area contributed by atoms with Crippen molar-refractivity contribution in [2.24, 2.45) is 5.84 Å². The van der Waals surface area contributed by atoms with Gasteiger partial charge >= 0.3 is 6.18 Å². The number of hydrogen-bond donors (Lipinski definition) is 1. The van der Waals surface area contributed by atoms with Gasteiger partial charge in [0.1, 0.15) is 0 Å². The first kappa shape index (κ1) is 13.4. The predicted octanol–water partition coefficient (Wildman–Crippen LogP) is 3.39. The summed E-state index contributed by atoms with van der Waals surface area (Å²) < 4.78 is 37.2. The van der Waals surface area contributed by atoms with Gasteiger partial charge < -0.3 is 5.01 Å². The van der Waals surface area contributed by atoms with Crippen LogP contribution in [-0.2, 0) is 12.7 Å². The summed E-state index contributed by atoms with van der Waals surface area (Å²) in [5.74, 6) is 5.84. The van der Waals surface area contributed by atoms with Crippen LogP contribution in [-0.4, -0.2) is 0 Å². The molecule has 0 aliphatic carbocycles. The maximum absolute atomic E-state index is 12.4. The molecule has 0 bridgehead atoms. The van der Waals surface area contributed by atoms with Gasteiger partial charge in [-0.15, -0.1) is 0 Å². The van der Waals surface area contributed by atoms with Crippen LogP contribution >= 0.6 is 0 Å². The summed E-state index contributed by atoms with van der Waals surface area (Å²) in [6, 6.07) is 14.9. The first-order chi connectivity index (χ1) is 8.97. The van der Waals surface area contributed by atoms with Crippen LogP contribution in [0.5, 0.6) is 0 Å². The van der Waals surface area contributed by atoms with Gasteiger partial charge in [-0.25, -0.2) is 5.84 Å². The Morgan fingerprint density at radius 1 is 1.11 bits per heavy atom. The maximum atomic E-state index is 12.4. The van der Waals surface area contributed by atoms with Gasteiger partial charge in [0.2, 0.25) is 0 Å². The van der Waals surface area contributed by atoms with E-state index in [2.05, 4.69) is 6.07 Å². The second kappa shape index (κ2) is 5.32. The van der Waals surface area contributed by atoms with Gasteiger partial charge in [0.15, 0.2) is 0 Å². The van der Waals surface area contributed by atoms with Crippen molar-refractivity contribution in [2.45, 2.75) is 12.7 Å². The highest BCUT2D eigenvalue weighted by Gasteiger charge is 2.29. The van der Waals surface area contributed by atoms with Gasteiger partial charge in [0, 0.05) is 0 Å². The summed E-state index contributed by atoms with van der Waals surface area (Å²) in [5, 5.41) is 1.46. The number of benzene rings is 2. The van der Waals surface area contributed by atoms with Crippen molar-refractivity contribution in [3.63, 3.8) is 0 Å². The molecule has 19 heavy (non-hydrogen) atoms. The number of nitrogens with zero attached hydrogens (tertiary/aromatic N) is 1. The van der Waals surface area contributed by atoms with Crippen molar-refractivity contribution in [2.75, 3.05) is 5.01 Å². The van der Waals surface area contributed by atoms with Crippen LogP contribution in [0.25, 0.3) is 0 Å². The first-order valence-electron chi connectivity index (χ1n) is 5.61. The Morgan fingerprint density at radius 2 is 1.79 bits per heavy atom. The Balaban J connectivity index is 2.08. The number of nitrogens with two attached hydrogens (primary N) is 1. The van der Waals surface area contributed by atoms with Gasteiger partial charge in [-0.3, -0.25) is 0 Å². The topological polar surface area (TPSA) is 29.3 Å². The van der Waals surface area contributed by atoms with Crippen LogP contribution < -0.4 is 10.9 Å². The molecule has 2 aromatic rings. The lowest BCUT2D eigenvalue weighted by Gasteiger charge is -2.18. The Bertz CT molecular complexity index is 521. The molecule has 0 aromatic heterocycles. The highest BCUT2D eigenvalue weighted by Crippen LogP contribution is 2.29. The van der Waals surface area contributed by atoms with Crippen molar-refractivity contribution < 1.29 is 13.2 Å². The highest BCUT2D eigenvalue weighted by molar-refractivity contribution is 5.44. The third-order valence-corrected chi connectivity index (χ3v) is 2.66. The van der Waals surface area contributed by atoms with Crippen molar-refractivity contribution in [3.05, 3.63) is 65.7 Å². The Hall–Kier alpha value is -2.01. The zero-order chi connectivity index (χ0) is 13.9. The predicted molar refractivity (Wildman–Crippen MR) is 67.1 cm³/mol. The van der Waals surface area contributed by atoms with E-state index in [0.29, 0.717) is 12.1 Å². The molecule has 0 unspecified atom stereocenters. The SMILES string of the molecule is NN(Cc1ccc(C(F)(F)F)cc1)c1c[c]ccc1. The summed E-state index contributed by atoms with van der Waals surface area (Å²) >= 11 is 0. The van der Waals surface area contributed by atoms with Crippen LogP contribution in [0.1, 0.15) is 11.1 Å². The van der Waals surface area contributed by atoms with Crippen molar-refractivity contribution in [1.29, 1.82) is 0 Å². The minimum absolute atomic E-state index is 0.329. The molecule has 2 aromatic carbocycles. The summed E-state index contributed by atoms with van der Waals surface area (Å²) in [6.45, 7) is 0.329. The lowest BCUT2D eigenvalue weighted by molar-refractivity contribution is -0.137. The van der Waals surface area contributed by atoms with E-state index < -0.39 is 11.7 Å². The molecule has 1 radical (unpaired) electrons. The summed E-state index contributed by atoms with van der Waals surface area (Å²) in [5.41, 5.74) is 0.801. The Labute approximate surface area is 109 Å². The quantitative estimate of drug-likeness (QED) is 0.681. The van der Waals surface area contributed by atoms with Gasteiger partial charge in [-0.2, -0.15) is 13.2 Å². The molecule has 0 aliphatic heterocycles. The van der Waals surface area contributed by atoms with Gasteiger partial charge in [-0.1, -0.05) is 24.3 Å². The van der Waals surface area contributed by atoms with Crippen LogP contribution in [0.15, 0.2) is 48.5 Å². The molecule has 0 saturated carbocycles. The Kier molecular flexibility index (Phi) is 3.76. The second-order valence-corrected chi connectivity index (χ2v) is 4.08. The fraction of sp³-hybridized carbons (Fsp3) is 0.143. The molecule has 99 valence electrons. The van der Waals surface area contributed by atoms with Crippen LogP contribution in [0, 0.1) is 6.07 Å². The van der Waals surface area contributed by atoms with E-state index in [1.165, 1.54) is 17.1 Å². The molecule has 0 atom stereocenters. The van der Waals surface area contributed by atoms with E-state index >= 15 is 0 Å². The van der Waals surface area contributed by atoms with Crippen LogP contribution in [0.3, 0.4) is 0 Å². The maximum Gasteiger partial charge on any atom is 0.416 e. The van der Waals surface area contributed by atoms with E-state index in [4.69, 9.17) is 5.84 Å². The lowest BCUT2D eigenvalue weighted by Crippen LogP contribution is -2.29. The molecule has 2 N–H and O–H groups in total. The molecule has 0 fully saturated rings. The number of halogens is 3. The average molecular weight is 265 g/mol. The zero-order valence-electron chi connectivity index (χ0n) is 9.98. The number of anilines is 1. The number of alkyl halides is 3.